The van der Waals surface area contributed by atoms with Crippen molar-refractivity contribution in [3.05, 3.63) is 35.4 Å². The molecule has 1 amide bonds. The Labute approximate surface area is 157 Å². The van der Waals surface area contributed by atoms with E-state index in [4.69, 9.17) is 0 Å². The summed E-state index contributed by atoms with van der Waals surface area (Å²) in [5.41, 5.74) is 2.42. The lowest BCUT2D eigenvalue weighted by Crippen LogP contribution is -2.56. The number of likely N-dealkylation sites (N-methyl/N-ethyl adjacent to an activating group) is 1. The normalized spacial score (nSPS) is 25.4. The number of piperidine rings is 1. The predicted octanol–water partition coefficient (Wildman–Crippen LogP) is 1.53. The van der Waals surface area contributed by atoms with Crippen molar-refractivity contribution in [1.29, 1.82) is 0 Å². The third-order valence-corrected chi connectivity index (χ3v) is 5.90. The van der Waals surface area contributed by atoms with E-state index in [1.807, 2.05) is 4.90 Å². The van der Waals surface area contributed by atoms with Crippen LogP contribution in [0.4, 0.5) is 0 Å². The van der Waals surface area contributed by atoms with E-state index in [1.165, 1.54) is 11.1 Å². The van der Waals surface area contributed by atoms with Crippen molar-refractivity contribution in [3.63, 3.8) is 0 Å². The van der Waals surface area contributed by atoms with Crippen molar-refractivity contribution < 1.29 is 9.90 Å². The van der Waals surface area contributed by atoms with Crippen LogP contribution in [0.5, 0.6) is 0 Å². The summed E-state index contributed by atoms with van der Waals surface area (Å²) in [6.07, 6.45) is 1.98. The Morgan fingerprint density at radius 2 is 1.73 bits per heavy atom. The van der Waals surface area contributed by atoms with E-state index in [9.17, 15) is 9.90 Å². The highest BCUT2D eigenvalue weighted by Gasteiger charge is 2.34. The second kappa shape index (κ2) is 8.98. The largest absolute Gasteiger partial charge is 0.391 e. The topological polar surface area (TPSA) is 47.0 Å². The molecule has 5 heteroatoms. The maximum Gasteiger partial charge on any atom is 0.237 e. The number of aryl methyl sites for hydroxylation is 1. The minimum absolute atomic E-state index is 0.101. The molecule has 0 saturated carbocycles. The molecule has 1 aromatic rings. The van der Waals surface area contributed by atoms with Crippen molar-refractivity contribution in [2.75, 3.05) is 45.8 Å². The number of piperazine rings is 1. The van der Waals surface area contributed by atoms with Gasteiger partial charge in [-0.1, -0.05) is 36.8 Å². The van der Waals surface area contributed by atoms with Crippen LogP contribution in [-0.2, 0) is 11.2 Å². The highest BCUT2D eigenvalue weighted by Crippen LogP contribution is 2.22. The summed E-state index contributed by atoms with van der Waals surface area (Å²) in [5, 5.41) is 10.6. The second-order valence-corrected chi connectivity index (χ2v) is 7.76. The van der Waals surface area contributed by atoms with Gasteiger partial charge in [0.25, 0.3) is 0 Å². The third-order valence-electron chi connectivity index (χ3n) is 5.90. The fourth-order valence-corrected chi connectivity index (χ4v) is 4.10. The van der Waals surface area contributed by atoms with E-state index >= 15 is 0 Å². The monoisotopic (exact) mass is 359 g/mol. The number of hydrogen-bond donors (Lipinski definition) is 1. The molecule has 2 atom stereocenters. The van der Waals surface area contributed by atoms with Gasteiger partial charge >= 0.3 is 0 Å². The van der Waals surface area contributed by atoms with Gasteiger partial charge in [-0.05, 0) is 38.3 Å². The minimum atomic E-state index is -0.425. The van der Waals surface area contributed by atoms with Crippen LogP contribution in [0.1, 0.15) is 30.9 Å². The van der Waals surface area contributed by atoms with Crippen LogP contribution in [0.3, 0.4) is 0 Å². The lowest BCUT2D eigenvalue weighted by molar-refractivity contribution is -0.140. The van der Waals surface area contributed by atoms with Crippen LogP contribution in [0.15, 0.2) is 24.3 Å². The number of aliphatic hydroxyl groups excluding tert-OH is 1. The number of benzene rings is 1. The van der Waals surface area contributed by atoms with Crippen LogP contribution < -0.4 is 0 Å². The smallest absolute Gasteiger partial charge is 0.237 e. The van der Waals surface area contributed by atoms with Gasteiger partial charge < -0.3 is 14.9 Å². The summed E-state index contributed by atoms with van der Waals surface area (Å²) >= 11 is 0. The van der Waals surface area contributed by atoms with Gasteiger partial charge in [0.05, 0.1) is 18.7 Å². The lowest BCUT2D eigenvalue weighted by atomic mass is 9.92. The number of carbonyl (C=O) groups excluding carboxylic acids is 1. The quantitative estimate of drug-likeness (QED) is 0.866. The van der Waals surface area contributed by atoms with Crippen molar-refractivity contribution in [1.82, 2.24) is 14.7 Å². The van der Waals surface area contributed by atoms with Crippen molar-refractivity contribution in [3.8, 4) is 0 Å². The molecule has 3 rings (SSSR count). The molecule has 0 aromatic heterocycles. The molecule has 0 unspecified atom stereocenters. The van der Waals surface area contributed by atoms with Crippen LogP contribution in [0.25, 0.3) is 0 Å². The molecule has 0 spiro atoms. The number of rotatable bonds is 5. The summed E-state index contributed by atoms with van der Waals surface area (Å²) in [7, 11) is 0. The fourth-order valence-electron chi connectivity index (χ4n) is 4.10. The maximum atomic E-state index is 13.0. The summed E-state index contributed by atoms with van der Waals surface area (Å²) in [4.78, 5) is 19.6. The summed E-state index contributed by atoms with van der Waals surface area (Å²) < 4.78 is 0. The first-order valence-corrected chi connectivity index (χ1v) is 10.0. The second-order valence-electron chi connectivity index (χ2n) is 7.76. The minimum Gasteiger partial charge on any atom is -0.391 e. The number of aliphatic hydroxyl groups is 1. The van der Waals surface area contributed by atoms with Crippen LogP contribution >= 0.6 is 0 Å². The first kappa shape index (κ1) is 19.3. The SMILES string of the molecule is CCN1CCN(CC(=O)N2CCC[C@H](O)[C@@H]2Cc2ccc(C)cc2)CC1. The Hall–Kier alpha value is -1.43. The third kappa shape index (κ3) is 4.84. The molecule has 2 heterocycles. The molecule has 1 aromatic carbocycles. The Balaban J connectivity index is 1.61. The Kier molecular flexibility index (Phi) is 6.68. The molecule has 2 aliphatic heterocycles. The lowest BCUT2D eigenvalue weighted by Gasteiger charge is -2.41. The number of carbonyl (C=O) groups is 1. The number of likely N-dealkylation sites (tertiary alicyclic amines) is 1. The number of hydrogen-bond acceptors (Lipinski definition) is 4. The molecular weight excluding hydrogens is 326 g/mol. The first-order valence-electron chi connectivity index (χ1n) is 10.0. The van der Waals surface area contributed by atoms with E-state index in [-0.39, 0.29) is 11.9 Å². The zero-order chi connectivity index (χ0) is 18.5. The number of nitrogens with zero attached hydrogens (tertiary/aromatic N) is 3. The molecule has 0 bridgehead atoms. The van der Waals surface area contributed by atoms with Gasteiger partial charge in [0.1, 0.15) is 0 Å². The van der Waals surface area contributed by atoms with E-state index in [1.54, 1.807) is 0 Å². The molecular formula is C21H33N3O2. The van der Waals surface area contributed by atoms with E-state index in [2.05, 4.69) is 47.9 Å². The van der Waals surface area contributed by atoms with Gasteiger partial charge in [-0.15, -0.1) is 0 Å². The molecule has 26 heavy (non-hydrogen) atoms. The van der Waals surface area contributed by atoms with Gasteiger partial charge in [-0.3, -0.25) is 9.69 Å². The summed E-state index contributed by atoms with van der Waals surface area (Å²) in [6.45, 7) is 10.6. The molecule has 2 fully saturated rings. The van der Waals surface area contributed by atoms with Crippen molar-refractivity contribution in [2.45, 2.75) is 45.3 Å². The van der Waals surface area contributed by atoms with Gasteiger partial charge in [0.15, 0.2) is 0 Å². The average Bonchev–Trinajstić information content (AvgIpc) is 2.65. The zero-order valence-electron chi connectivity index (χ0n) is 16.2. The van der Waals surface area contributed by atoms with E-state index < -0.39 is 6.10 Å². The highest BCUT2D eigenvalue weighted by atomic mass is 16.3. The Morgan fingerprint density at radius 1 is 1.08 bits per heavy atom. The molecule has 0 radical (unpaired) electrons. The molecule has 0 aliphatic carbocycles. The average molecular weight is 360 g/mol. The molecule has 144 valence electrons. The maximum absolute atomic E-state index is 13.0. The van der Waals surface area contributed by atoms with Crippen LogP contribution in [0.2, 0.25) is 0 Å². The van der Waals surface area contributed by atoms with Crippen molar-refractivity contribution >= 4 is 5.91 Å². The Morgan fingerprint density at radius 3 is 2.38 bits per heavy atom. The summed E-state index contributed by atoms with van der Waals surface area (Å²) in [5.74, 6) is 0.172. The summed E-state index contributed by atoms with van der Waals surface area (Å²) in [6, 6.07) is 8.33. The number of amides is 1. The van der Waals surface area contributed by atoms with Crippen LogP contribution in [0, 0.1) is 6.92 Å². The van der Waals surface area contributed by atoms with Gasteiger partial charge in [-0.2, -0.15) is 0 Å². The molecule has 1 N–H and O–H groups in total. The van der Waals surface area contributed by atoms with Gasteiger partial charge in [0, 0.05) is 32.7 Å². The molecule has 5 nitrogen and oxygen atoms in total. The van der Waals surface area contributed by atoms with Gasteiger partial charge in [0.2, 0.25) is 5.91 Å². The van der Waals surface area contributed by atoms with Crippen LogP contribution in [-0.4, -0.2) is 83.7 Å². The Bertz CT molecular complexity index is 581. The fraction of sp³-hybridized carbons (Fsp3) is 0.667. The molecule has 2 saturated heterocycles. The van der Waals surface area contributed by atoms with E-state index in [0.717, 1.165) is 58.5 Å². The van der Waals surface area contributed by atoms with Crippen molar-refractivity contribution in [2.24, 2.45) is 0 Å². The zero-order valence-corrected chi connectivity index (χ0v) is 16.2. The standard InChI is InChI=1S/C21H33N3O2/c1-3-22-11-13-23(14-12-22)16-21(26)24-10-4-5-20(25)19(24)15-18-8-6-17(2)7-9-18/h6-9,19-20,25H,3-5,10-16H2,1-2H3/t19-,20-/m0/s1. The van der Waals surface area contributed by atoms with Gasteiger partial charge in [-0.25, -0.2) is 0 Å². The highest BCUT2D eigenvalue weighted by molar-refractivity contribution is 5.79. The van der Waals surface area contributed by atoms with E-state index in [0.29, 0.717) is 6.54 Å². The molecule has 2 aliphatic rings. The first-order chi connectivity index (χ1) is 12.6. The predicted molar refractivity (Wildman–Crippen MR) is 104 cm³/mol.